The van der Waals surface area contributed by atoms with Crippen molar-refractivity contribution in [1.29, 1.82) is 0 Å². The second-order valence-electron chi connectivity index (χ2n) is 7.03. The quantitative estimate of drug-likeness (QED) is 0.185. The van der Waals surface area contributed by atoms with E-state index in [9.17, 15) is 4.79 Å². The number of ether oxygens (including phenoxy) is 2. The van der Waals surface area contributed by atoms with E-state index in [1.165, 1.54) is 10.8 Å². The van der Waals surface area contributed by atoms with Gasteiger partial charge in [0.15, 0.2) is 11.5 Å². The van der Waals surface area contributed by atoms with E-state index in [1.54, 1.807) is 25.5 Å². The Morgan fingerprint density at radius 2 is 1.75 bits per heavy atom. The molecule has 4 rings (SSSR count). The summed E-state index contributed by atoms with van der Waals surface area (Å²) in [4.78, 5) is 12.1. The SMILES string of the molecule is COc1cc(/C=N\NC(=O)c2ccccc2)cc(I)c1OCc1cccc2ccccc12. The molecule has 6 heteroatoms. The monoisotopic (exact) mass is 536 g/mol. The molecule has 0 saturated carbocycles. The van der Waals surface area contributed by atoms with E-state index in [1.807, 2.05) is 48.5 Å². The third kappa shape index (κ3) is 5.08. The largest absolute Gasteiger partial charge is 0.493 e. The van der Waals surface area contributed by atoms with Gasteiger partial charge in [-0.1, -0.05) is 60.7 Å². The molecular formula is C26H21IN2O3. The van der Waals surface area contributed by atoms with Gasteiger partial charge in [0.25, 0.3) is 5.91 Å². The minimum absolute atomic E-state index is 0.265. The Balaban J connectivity index is 1.49. The lowest BCUT2D eigenvalue weighted by atomic mass is 10.1. The summed E-state index contributed by atoms with van der Waals surface area (Å²) in [6.45, 7) is 0.425. The first kappa shape index (κ1) is 21.8. The molecule has 0 aliphatic carbocycles. The van der Waals surface area contributed by atoms with Gasteiger partial charge in [0.1, 0.15) is 6.61 Å². The van der Waals surface area contributed by atoms with Crippen LogP contribution >= 0.6 is 22.6 Å². The highest BCUT2D eigenvalue weighted by Gasteiger charge is 2.12. The molecule has 0 unspecified atom stereocenters. The number of hydrogen-bond donors (Lipinski definition) is 1. The van der Waals surface area contributed by atoms with E-state index in [0.717, 1.165) is 14.7 Å². The van der Waals surface area contributed by atoms with Crippen molar-refractivity contribution in [2.45, 2.75) is 6.61 Å². The topological polar surface area (TPSA) is 59.9 Å². The van der Waals surface area contributed by atoms with Gasteiger partial charge in [-0.25, -0.2) is 5.43 Å². The van der Waals surface area contributed by atoms with Gasteiger partial charge in [-0.15, -0.1) is 0 Å². The Hall–Kier alpha value is -3.39. The van der Waals surface area contributed by atoms with Crippen molar-refractivity contribution in [3.05, 3.63) is 105 Å². The molecule has 0 radical (unpaired) electrons. The minimum atomic E-state index is -0.265. The average molecular weight is 536 g/mol. The molecule has 0 fully saturated rings. The van der Waals surface area contributed by atoms with E-state index in [4.69, 9.17) is 9.47 Å². The summed E-state index contributed by atoms with van der Waals surface area (Å²) in [6, 6.07) is 27.1. The zero-order valence-electron chi connectivity index (χ0n) is 17.4. The minimum Gasteiger partial charge on any atom is -0.493 e. The van der Waals surface area contributed by atoms with Crippen molar-refractivity contribution >= 4 is 45.5 Å². The van der Waals surface area contributed by atoms with Gasteiger partial charge in [0, 0.05) is 5.56 Å². The van der Waals surface area contributed by atoms with Crippen LogP contribution in [0, 0.1) is 3.57 Å². The lowest BCUT2D eigenvalue weighted by Crippen LogP contribution is -2.17. The van der Waals surface area contributed by atoms with Crippen molar-refractivity contribution in [3.63, 3.8) is 0 Å². The number of carbonyl (C=O) groups excluding carboxylic acids is 1. The Labute approximate surface area is 200 Å². The highest BCUT2D eigenvalue weighted by molar-refractivity contribution is 14.1. The molecule has 1 N–H and O–H groups in total. The molecule has 4 aromatic rings. The molecular weight excluding hydrogens is 515 g/mol. The maximum atomic E-state index is 12.1. The van der Waals surface area contributed by atoms with Crippen molar-refractivity contribution < 1.29 is 14.3 Å². The highest BCUT2D eigenvalue weighted by Crippen LogP contribution is 2.34. The van der Waals surface area contributed by atoms with Crippen LogP contribution in [0.5, 0.6) is 11.5 Å². The summed E-state index contributed by atoms with van der Waals surface area (Å²) < 4.78 is 12.6. The summed E-state index contributed by atoms with van der Waals surface area (Å²) in [7, 11) is 1.61. The first-order chi connectivity index (χ1) is 15.7. The molecule has 0 aromatic heterocycles. The molecule has 0 aliphatic rings. The number of fused-ring (bicyclic) bond motifs is 1. The third-order valence-corrected chi connectivity index (χ3v) is 5.72. The van der Waals surface area contributed by atoms with Crippen molar-refractivity contribution in [1.82, 2.24) is 5.43 Å². The fourth-order valence-corrected chi connectivity index (χ4v) is 4.12. The van der Waals surface area contributed by atoms with Crippen LogP contribution < -0.4 is 14.9 Å². The number of benzene rings is 4. The number of amides is 1. The number of nitrogens with zero attached hydrogens (tertiary/aromatic N) is 1. The zero-order chi connectivity index (χ0) is 22.3. The molecule has 160 valence electrons. The van der Waals surface area contributed by atoms with Gasteiger partial charge in [0.05, 0.1) is 16.9 Å². The Morgan fingerprint density at radius 3 is 2.56 bits per heavy atom. The van der Waals surface area contributed by atoms with Gasteiger partial charge < -0.3 is 9.47 Å². The number of rotatable bonds is 7. The molecule has 32 heavy (non-hydrogen) atoms. The predicted octanol–water partition coefficient (Wildman–Crippen LogP) is 5.80. The van der Waals surface area contributed by atoms with Gasteiger partial charge in [-0.2, -0.15) is 5.10 Å². The molecule has 0 spiro atoms. The summed E-state index contributed by atoms with van der Waals surface area (Å²) in [5, 5.41) is 6.42. The number of halogens is 1. The molecule has 0 heterocycles. The molecule has 1 amide bonds. The van der Waals surface area contributed by atoms with Crippen LogP contribution in [-0.4, -0.2) is 19.2 Å². The molecule has 0 aliphatic heterocycles. The fourth-order valence-electron chi connectivity index (χ4n) is 3.34. The highest BCUT2D eigenvalue weighted by atomic mass is 127. The third-order valence-electron chi connectivity index (χ3n) is 4.92. The molecule has 0 saturated heterocycles. The van der Waals surface area contributed by atoms with Crippen molar-refractivity contribution in [2.75, 3.05) is 7.11 Å². The van der Waals surface area contributed by atoms with Crippen LogP contribution in [0.4, 0.5) is 0 Å². The lowest BCUT2D eigenvalue weighted by Gasteiger charge is -2.14. The summed E-state index contributed by atoms with van der Waals surface area (Å²) in [6.07, 6.45) is 1.58. The summed E-state index contributed by atoms with van der Waals surface area (Å²) in [5.74, 6) is 1.01. The number of hydrazone groups is 1. The fraction of sp³-hybridized carbons (Fsp3) is 0.0769. The van der Waals surface area contributed by atoms with Crippen molar-refractivity contribution in [3.8, 4) is 11.5 Å². The standard InChI is InChI=1S/C26H21IN2O3/c1-31-24-15-18(16-28-29-26(30)20-9-3-2-4-10-20)14-23(27)25(24)32-17-21-12-7-11-19-8-5-6-13-22(19)21/h2-16H,17H2,1H3,(H,29,30)/b28-16-. The maximum Gasteiger partial charge on any atom is 0.271 e. The maximum absolute atomic E-state index is 12.1. The van der Waals surface area contributed by atoms with E-state index in [0.29, 0.717) is 23.7 Å². The van der Waals surface area contributed by atoms with Crippen LogP contribution in [0.25, 0.3) is 10.8 Å². The van der Waals surface area contributed by atoms with E-state index in [-0.39, 0.29) is 5.91 Å². The molecule has 4 aromatic carbocycles. The average Bonchev–Trinajstić information content (AvgIpc) is 2.83. The smallest absolute Gasteiger partial charge is 0.271 e. The van der Waals surface area contributed by atoms with E-state index >= 15 is 0 Å². The second-order valence-corrected chi connectivity index (χ2v) is 8.19. The molecule has 0 bridgehead atoms. The predicted molar refractivity (Wildman–Crippen MR) is 135 cm³/mol. The lowest BCUT2D eigenvalue weighted by molar-refractivity contribution is 0.0955. The Bertz CT molecular complexity index is 1270. The van der Waals surface area contributed by atoms with Crippen LogP contribution in [-0.2, 0) is 6.61 Å². The Kier molecular flexibility index (Phi) is 7.01. The number of carbonyl (C=O) groups is 1. The van der Waals surface area contributed by atoms with Gasteiger partial charge in [-0.05, 0) is 68.8 Å². The molecule has 0 atom stereocenters. The number of hydrogen-bond acceptors (Lipinski definition) is 4. The summed E-state index contributed by atoms with van der Waals surface area (Å²) in [5.41, 5.74) is 4.98. The van der Waals surface area contributed by atoms with Crippen LogP contribution in [0.15, 0.2) is 90.0 Å². The number of methoxy groups -OCH3 is 1. The zero-order valence-corrected chi connectivity index (χ0v) is 19.6. The first-order valence-corrected chi connectivity index (χ1v) is 11.1. The van der Waals surface area contributed by atoms with Crippen LogP contribution in [0.3, 0.4) is 0 Å². The second kappa shape index (κ2) is 10.3. The Morgan fingerprint density at radius 1 is 1.00 bits per heavy atom. The van der Waals surface area contributed by atoms with Crippen LogP contribution in [0.2, 0.25) is 0 Å². The van der Waals surface area contributed by atoms with Gasteiger partial charge in [0.2, 0.25) is 0 Å². The van der Waals surface area contributed by atoms with Gasteiger partial charge >= 0.3 is 0 Å². The molecule has 5 nitrogen and oxygen atoms in total. The summed E-state index contributed by atoms with van der Waals surface area (Å²) >= 11 is 2.22. The first-order valence-electron chi connectivity index (χ1n) is 10.0. The van der Waals surface area contributed by atoms with E-state index in [2.05, 4.69) is 57.4 Å². The van der Waals surface area contributed by atoms with E-state index < -0.39 is 0 Å². The van der Waals surface area contributed by atoms with Gasteiger partial charge in [-0.3, -0.25) is 4.79 Å². The normalized spacial score (nSPS) is 10.9. The van der Waals surface area contributed by atoms with Crippen molar-refractivity contribution in [2.24, 2.45) is 5.10 Å². The number of nitrogens with one attached hydrogen (secondary N) is 1. The van der Waals surface area contributed by atoms with Crippen LogP contribution in [0.1, 0.15) is 21.5 Å².